The second kappa shape index (κ2) is 10.9. The fourth-order valence-electron chi connectivity index (χ4n) is 4.17. The van der Waals surface area contributed by atoms with E-state index in [0.29, 0.717) is 35.3 Å². The van der Waals surface area contributed by atoms with Crippen LogP contribution in [0.2, 0.25) is 0 Å². The van der Waals surface area contributed by atoms with Gasteiger partial charge < -0.3 is 15.2 Å². The Morgan fingerprint density at radius 2 is 1.95 bits per heavy atom. The lowest BCUT2D eigenvalue weighted by atomic mass is 9.90. The Hall–Kier alpha value is -4.08. The zero-order chi connectivity index (χ0) is 26.6. The van der Waals surface area contributed by atoms with Crippen molar-refractivity contribution >= 4 is 11.9 Å². The third-order valence-corrected chi connectivity index (χ3v) is 6.21. The topological polar surface area (TPSA) is 90.0 Å². The van der Waals surface area contributed by atoms with Crippen LogP contribution in [0.4, 0.5) is 13.2 Å². The van der Waals surface area contributed by atoms with Gasteiger partial charge in [0.1, 0.15) is 17.1 Å². The van der Waals surface area contributed by atoms with Gasteiger partial charge in [-0.2, -0.15) is 13.2 Å². The summed E-state index contributed by atoms with van der Waals surface area (Å²) in [6, 6.07) is 14.8. The van der Waals surface area contributed by atoms with Crippen molar-refractivity contribution in [1.29, 1.82) is 0 Å². The molecule has 2 N–H and O–H groups in total. The van der Waals surface area contributed by atoms with Gasteiger partial charge in [0.05, 0.1) is 6.54 Å². The van der Waals surface area contributed by atoms with Gasteiger partial charge in [-0.1, -0.05) is 18.2 Å². The van der Waals surface area contributed by atoms with Crippen LogP contribution in [0.1, 0.15) is 30.9 Å². The second-order valence-corrected chi connectivity index (χ2v) is 9.04. The average Bonchev–Trinajstić information content (AvgIpc) is 2.88. The molecule has 0 fully saturated rings. The Morgan fingerprint density at radius 3 is 2.65 bits per heavy atom. The quantitative estimate of drug-likeness (QED) is 0.490. The Morgan fingerprint density at radius 1 is 1.19 bits per heavy atom. The van der Waals surface area contributed by atoms with Crippen molar-refractivity contribution in [1.82, 2.24) is 9.88 Å². The zero-order valence-corrected chi connectivity index (χ0v) is 20.5. The van der Waals surface area contributed by atoms with E-state index in [1.807, 2.05) is 6.92 Å². The molecule has 2 heterocycles. The number of halogens is 3. The van der Waals surface area contributed by atoms with Crippen LogP contribution >= 0.6 is 0 Å². The van der Waals surface area contributed by atoms with Gasteiger partial charge in [-0.15, -0.1) is 0 Å². The minimum absolute atomic E-state index is 0.0530. The minimum atomic E-state index is -2.91. The number of aliphatic imine (C=N–C) groups is 1. The van der Waals surface area contributed by atoms with Crippen molar-refractivity contribution in [3.8, 4) is 22.6 Å². The number of nitrogens with two attached hydrogens (primary N) is 1. The number of amides is 1. The van der Waals surface area contributed by atoms with Crippen LogP contribution in [-0.2, 0) is 17.8 Å². The molecule has 10 heteroatoms. The third-order valence-electron chi connectivity index (χ3n) is 6.21. The van der Waals surface area contributed by atoms with Gasteiger partial charge in [0.2, 0.25) is 11.9 Å². The summed E-state index contributed by atoms with van der Waals surface area (Å²) >= 11 is 0. The zero-order valence-electron chi connectivity index (χ0n) is 20.5. The number of guanidine groups is 1. The van der Waals surface area contributed by atoms with E-state index in [-0.39, 0.29) is 30.6 Å². The van der Waals surface area contributed by atoms with Crippen LogP contribution in [0.15, 0.2) is 65.8 Å². The van der Waals surface area contributed by atoms with E-state index in [1.165, 1.54) is 23.2 Å². The van der Waals surface area contributed by atoms with Crippen LogP contribution in [0.5, 0.6) is 11.5 Å². The summed E-state index contributed by atoms with van der Waals surface area (Å²) in [4.78, 5) is 22.1. The third kappa shape index (κ3) is 6.38. The highest BCUT2D eigenvalue weighted by molar-refractivity contribution is 5.95. The molecule has 1 atom stereocenters. The summed E-state index contributed by atoms with van der Waals surface area (Å²) in [5.41, 5.74) is 7.60. The number of alkyl halides is 2. The van der Waals surface area contributed by atoms with E-state index in [9.17, 15) is 18.0 Å². The van der Waals surface area contributed by atoms with E-state index < -0.39 is 18.2 Å². The van der Waals surface area contributed by atoms with Crippen LogP contribution in [-0.4, -0.2) is 41.0 Å². The number of ether oxygens (including phenoxy) is 2. The van der Waals surface area contributed by atoms with Gasteiger partial charge in [0.25, 0.3) is 0 Å². The standard InChI is InChI=1S/C27H27F3N4O3/c1-27(15-17-5-8-20(9-6-17)36-25(29)30)12-11-23(35)34(2)26(31)33-16-19-14-18(7-10-22(19)37-27)21-4-3-13-32-24(21)28/h3-10,13-14,25H,11-12,15-16H2,1-2H3,(H2,31,33). The summed E-state index contributed by atoms with van der Waals surface area (Å²) in [5.74, 6) is -0.190. The largest absolute Gasteiger partial charge is 0.487 e. The molecule has 1 aliphatic rings. The number of hydrogen-bond acceptors (Lipinski definition) is 6. The number of carbonyl (C=O) groups excluding carboxylic acids is 1. The number of rotatable bonds is 5. The molecule has 1 amide bonds. The number of benzene rings is 2. The monoisotopic (exact) mass is 512 g/mol. The van der Waals surface area contributed by atoms with Gasteiger partial charge in [-0.25, -0.2) is 9.98 Å². The van der Waals surface area contributed by atoms with E-state index >= 15 is 0 Å². The Balaban J connectivity index is 1.70. The van der Waals surface area contributed by atoms with Crippen LogP contribution in [0, 0.1) is 5.95 Å². The second-order valence-electron chi connectivity index (χ2n) is 9.04. The summed E-state index contributed by atoms with van der Waals surface area (Å²) in [6.07, 6.45) is 2.25. The van der Waals surface area contributed by atoms with Gasteiger partial charge in [0, 0.05) is 37.2 Å². The lowest BCUT2D eigenvalue weighted by molar-refractivity contribution is -0.127. The maximum absolute atomic E-state index is 14.4. The first-order chi connectivity index (χ1) is 17.6. The van der Waals surface area contributed by atoms with Crippen molar-refractivity contribution in [3.05, 3.63) is 77.9 Å². The lowest BCUT2D eigenvalue weighted by Gasteiger charge is -2.32. The Kier molecular flexibility index (Phi) is 7.66. The summed E-state index contributed by atoms with van der Waals surface area (Å²) < 4.78 is 50.3. The summed E-state index contributed by atoms with van der Waals surface area (Å²) in [5, 5.41) is 0. The lowest BCUT2D eigenvalue weighted by Crippen LogP contribution is -2.41. The number of hydrogen-bond donors (Lipinski definition) is 1. The first kappa shape index (κ1) is 26.0. The van der Waals surface area contributed by atoms with Crippen molar-refractivity contribution in [2.24, 2.45) is 10.7 Å². The first-order valence-corrected chi connectivity index (χ1v) is 11.7. The van der Waals surface area contributed by atoms with Gasteiger partial charge in [-0.3, -0.25) is 9.69 Å². The molecule has 0 aliphatic carbocycles. The molecule has 1 unspecified atom stereocenters. The number of carbonyl (C=O) groups is 1. The van der Waals surface area contributed by atoms with Crippen molar-refractivity contribution in [2.45, 2.75) is 44.9 Å². The molecule has 2 aromatic carbocycles. The highest BCUT2D eigenvalue weighted by atomic mass is 19.3. The number of pyridine rings is 1. The highest BCUT2D eigenvalue weighted by Gasteiger charge is 2.31. The molecule has 0 spiro atoms. The minimum Gasteiger partial charge on any atom is -0.487 e. The van der Waals surface area contributed by atoms with E-state index in [1.54, 1.807) is 49.5 Å². The Labute approximate surface area is 212 Å². The maximum atomic E-state index is 14.4. The summed E-state index contributed by atoms with van der Waals surface area (Å²) in [6.45, 7) is -0.928. The fraction of sp³-hybridized carbons (Fsp3) is 0.296. The molecular weight excluding hydrogens is 485 g/mol. The van der Waals surface area contributed by atoms with E-state index in [0.717, 1.165) is 5.56 Å². The van der Waals surface area contributed by atoms with Gasteiger partial charge in [-0.05, 0) is 60.9 Å². The average molecular weight is 513 g/mol. The molecule has 4 rings (SSSR count). The number of fused-ring (bicyclic) bond motifs is 1. The predicted octanol–water partition coefficient (Wildman–Crippen LogP) is 4.94. The van der Waals surface area contributed by atoms with Gasteiger partial charge >= 0.3 is 6.61 Å². The Bertz CT molecular complexity index is 1300. The molecule has 0 radical (unpaired) electrons. The fourth-order valence-corrected chi connectivity index (χ4v) is 4.17. The molecule has 1 aliphatic heterocycles. The van der Waals surface area contributed by atoms with Gasteiger partial charge in [0.15, 0.2) is 5.96 Å². The smallest absolute Gasteiger partial charge is 0.387 e. The SMILES string of the molecule is CN1C(=O)CCC(C)(Cc2ccc(OC(F)F)cc2)Oc2ccc(-c3cccnc3F)cc2CN=C1N. The molecule has 7 nitrogen and oxygen atoms in total. The first-order valence-electron chi connectivity index (χ1n) is 11.7. The molecule has 37 heavy (non-hydrogen) atoms. The maximum Gasteiger partial charge on any atom is 0.387 e. The molecular formula is C27H27F3N4O3. The van der Waals surface area contributed by atoms with Crippen molar-refractivity contribution in [3.63, 3.8) is 0 Å². The number of aromatic nitrogens is 1. The normalized spacial score (nSPS) is 18.5. The molecule has 0 bridgehead atoms. The molecule has 3 aromatic rings. The molecule has 0 saturated heterocycles. The van der Waals surface area contributed by atoms with Crippen LogP contribution < -0.4 is 15.2 Å². The van der Waals surface area contributed by atoms with E-state index in [2.05, 4.69) is 14.7 Å². The van der Waals surface area contributed by atoms with Crippen LogP contribution in [0.3, 0.4) is 0 Å². The molecule has 1 aromatic heterocycles. The molecule has 0 saturated carbocycles. The van der Waals surface area contributed by atoms with E-state index in [4.69, 9.17) is 10.5 Å². The summed E-state index contributed by atoms with van der Waals surface area (Å²) in [7, 11) is 1.56. The molecule has 194 valence electrons. The highest BCUT2D eigenvalue weighted by Crippen LogP contribution is 2.34. The van der Waals surface area contributed by atoms with Crippen molar-refractivity contribution < 1.29 is 27.4 Å². The predicted molar refractivity (Wildman–Crippen MR) is 133 cm³/mol. The van der Waals surface area contributed by atoms with Crippen LogP contribution in [0.25, 0.3) is 11.1 Å². The number of nitrogens with zero attached hydrogens (tertiary/aromatic N) is 3. The van der Waals surface area contributed by atoms with Crippen molar-refractivity contribution in [2.75, 3.05) is 7.05 Å².